The monoisotopic (exact) mass is 446 g/mol. The number of carbonyl (C=O) groups is 1. The second-order valence-electron chi connectivity index (χ2n) is 7.93. The lowest BCUT2D eigenvalue weighted by Crippen LogP contribution is -2.47. The number of benzene rings is 2. The van der Waals surface area contributed by atoms with Crippen molar-refractivity contribution in [3.05, 3.63) is 53.1 Å². The van der Waals surface area contributed by atoms with Crippen molar-refractivity contribution < 1.29 is 22.7 Å². The zero-order valence-electron chi connectivity index (χ0n) is 18.5. The maximum Gasteiger partial charge on any atom is 0.258 e. The van der Waals surface area contributed by atoms with Crippen LogP contribution < -0.4 is 14.8 Å². The Kier molecular flexibility index (Phi) is 7.23. The van der Waals surface area contributed by atoms with Crippen LogP contribution in [0.2, 0.25) is 0 Å². The van der Waals surface area contributed by atoms with E-state index in [1.54, 1.807) is 12.1 Å². The fourth-order valence-electron chi connectivity index (χ4n) is 3.56. The van der Waals surface area contributed by atoms with Crippen LogP contribution in [0.1, 0.15) is 29.5 Å². The highest BCUT2D eigenvalue weighted by molar-refractivity contribution is 7.89. The van der Waals surface area contributed by atoms with Gasteiger partial charge in [0.1, 0.15) is 16.4 Å². The number of hydrogen-bond donors (Lipinski definition) is 1. The second kappa shape index (κ2) is 9.70. The Hall–Kier alpha value is -2.58. The molecular weight excluding hydrogens is 416 g/mol. The van der Waals surface area contributed by atoms with Crippen LogP contribution in [-0.2, 0) is 14.8 Å². The molecule has 1 aliphatic rings. The van der Waals surface area contributed by atoms with E-state index >= 15 is 0 Å². The molecule has 1 saturated heterocycles. The molecule has 2 aromatic carbocycles. The molecule has 0 spiro atoms. The average Bonchev–Trinajstić information content (AvgIpc) is 2.75. The van der Waals surface area contributed by atoms with E-state index in [0.29, 0.717) is 37.4 Å². The zero-order chi connectivity index (χ0) is 22.6. The fraction of sp³-hybridized carbons (Fsp3) is 0.435. The Morgan fingerprint density at radius 1 is 1.06 bits per heavy atom. The van der Waals surface area contributed by atoms with E-state index in [4.69, 9.17) is 9.47 Å². The maximum absolute atomic E-state index is 13.2. The lowest BCUT2D eigenvalue weighted by atomic mass is 10.1. The predicted molar refractivity (Wildman–Crippen MR) is 119 cm³/mol. The van der Waals surface area contributed by atoms with Gasteiger partial charge in [-0.1, -0.05) is 17.7 Å². The molecule has 1 amide bonds. The van der Waals surface area contributed by atoms with Crippen molar-refractivity contribution in [1.82, 2.24) is 9.62 Å². The van der Waals surface area contributed by atoms with E-state index in [9.17, 15) is 13.2 Å². The molecule has 0 unspecified atom stereocenters. The van der Waals surface area contributed by atoms with Crippen molar-refractivity contribution in [2.24, 2.45) is 0 Å². The first kappa shape index (κ1) is 23.1. The molecular formula is C23H30N2O5S. The molecule has 3 rings (SSSR count). The summed E-state index contributed by atoms with van der Waals surface area (Å²) < 4.78 is 38.7. The molecule has 0 aliphatic carbocycles. The van der Waals surface area contributed by atoms with Crippen LogP contribution in [0.5, 0.6) is 11.5 Å². The van der Waals surface area contributed by atoms with Gasteiger partial charge in [-0.2, -0.15) is 4.31 Å². The number of amides is 1. The highest BCUT2D eigenvalue weighted by Gasteiger charge is 2.32. The molecule has 1 fully saturated rings. The van der Waals surface area contributed by atoms with Crippen molar-refractivity contribution >= 4 is 15.9 Å². The third-order valence-electron chi connectivity index (χ3n) is 5.61. The number of ether oxygens (including phenoxy) is 2. The van der Waals surface area contributed by atoms with E-state index in [-0.39, 0.29) is 23.5 Å². The third-order valence-corrected chi connectivity index (χ3v) is 7.53. The van der Waals surface area contributed by atoms with Crippen LogP contribution in [-0.4, -0.2) is 51.5 Å². The van der Waals surface area contributed by atoms with Crippen LogP contribution in [0.25, 0.3) is 0 Å². The Morgan fingerprint density at radius 3 is 2.29 bits per heavy atom. The highest BCUT2D eigenvalue weighted by atomic mass is 32.2. The summed E-state index contributed by atoms with van der Waals surface area (Å²) in [6.07, 6.45) is 1.09. The van der Waals surface area contributed by atoms with Gasteiger partial charge in [-0.25, -0.2) is 8.42 Å². The molecule has 0 saturated carbocycles. The Labute approximate surface area is 184 Å². The summed E-state index contributed by atoms with van der Waals surface area (Å²) in [7, 11) is -2.20. The number of nitrogens with one attached hydrogen (secondary N) is 1. The minimum atomic E-state index is -3.67. The maximum atomic E-state index is 13.2. The minimum absolute atomic E-state index is 0.0680. The summed E-state index contributed by atoms with van der Waals surface area (Å²) in [4.78, 5) is 12.4. The predicted octanol–water partition coefficient (Wildman–Crippen LogP) is 2.97. The van der Waals surface area contributed by atoms with E-state index in [0.717, 1.165) is 16.7 Å². The van der Waals surface area contributed by atoms with Crippen LogP contribution in [0, 0.1) is 20.8 Å². The smallest absolute Gasteiger partial charge is 0.258 e. The zero-order valence-corrected chi connectivity index (χ0v) is 19.3. The van der Waals surface area contributed by atoms with Crippen molar-refractivity contribution in [2.75, 3.05) is 26.8 Å². The molecule has 168 valence electrons. The molecule has 8 heteroatoms. The summed E-state index contributed by atoms with van der Waals surface area (Å²) in [5, 5.41) is 2.94. The molecule has 1 N–H and O–H groups in total. The van der Waals surface area contributed by atoms with Crippen LogP contribution in [0.15, 0.2) is 41.3 Å². The lowest BCUT2D eigenvalue weighted by molar-refractivity contribution is -0.124. The van der Waals surface area contributed by atoms with Crippen molar-refractivity contribution in [3.8, 4) is 11.5 Å². The topological polar surface area (TPSA) is 84.9 Å². The van der Waals surface area contributed by atoms with Crippen LogP contribution >= 0.6 is 0 Å². The summed E-state index contributed by atoms with van der Waals surface area (Å²) in [5.41, 5.74) is 3.00. The summed E-state index contributed by atoms with van der Waals surface area (Å²) in [6, 6.07) is 10.8. The Balaban J connectivity index is 1.56. The number of methoxy groups -OCH3 is 1. The lowest BCUT2D eigenvalue weighted by Gasteiger charge is -2.32. The van der Waals surface area contributed by atoms with Gasteiger partial charge in [0, 0.05) is 19.1 Å². The second-order valence-corrected chi connectivity index (χ2v) is 9.84. The average molecular weight is 447 g/mol. The first-order valence-electron chi connectivity index (χ1n) is 10.3. The summed E-state index contributed by atoms with van der Waals surface area (Å²) in [5.74, 6) is 0.786. The van der Waals surface area contributed by atoms with Gasteiger partial charge in [-0.15, -0.1) is 0 Å². The van der Waals surface area contributed by atoms with Gasteiger partial charge >= 0.3 is 0 Å². The molecule has 1 aliphatic heterocycles. The number of hydrogen-bond acceptors (Lipinski definition) is 5. The van der Waals surface area contributed by atoms with E-state index < -0.39 is 10.0 Å². The molecule has 2 aromatic rings. The van der Waals surface area contributed by atoms with E-state index in [1.807, 2.05) is 45.0 Å². The van der Waals surface area contributed by atoms with Gasteiger partial charge in [-0.05, 0) is 69.0 Å². The number of sulfonamides is 1. The molecule has 7 nitrogen and oxygen atoms in total. The van der Waals surface area contributed by atoms with E-state index in [1.165, 1.54) is 11.4 Å². The van der Waals surface area contributed by atoms with Gasteiger partial charge in [0.15, 0.2) is 6.61 Å². The molecule has 31 heavy (non-hydrogen) atoms. The molecule has 0 atom stereocenters. The van der Waals surface area contributed by atoms with E-state index in [2.05, 4.69) is 5.32 Å². The minimum Gasteiger partial charge on any atom is -0.495 e. The van der Waals surface area contributed by atoms with Gasteiger partial charge < -0.3 is 14.8 Å². The number of rotatable bonds is 7. The quantitative estimate of drug-likeness (QED) is 0.707. The molecule has 0 aromatic heterocycles. The van der Waals surface area contributed by atoms with Gasteiger partial charge in [0.05, 0.1) is 7.11 Å². The number of nitrogens with zero attached hydrogens (tertiary/aromatic N) is 1. The van der Waals surface area contributed by atoms with Crippen LogP contribution in [0.4, 0.5) is 0 Å². The van der Waals surface area contributed by atoms with Gasteiger partial charge in [-0.3, -0.25) is 4.79 Å². The molecule has 0 bridgehead atoms. The first-order chi connectivity index (χ1) is 14.7. The van der Waals surface area contributed by atoms with Gasteiger partial charge in [0.25, 0.3) is 5.91 Å². The summed E-state index contributed by atoms with van der Waals surface area (Å²) in [6.45, 7) is 6.39. The number of aryl methyl sites for hydroxylation is 3. The standard InChI is InChI=1S/C23H30N2O5S/c1-16-5-7-20(8-6-16)30-15-23(26)24-19-9-11-25(12-10-19)31(27,28)22-14-18(3)17(2)13-21(22)29-4/h5-8,13-14,19H,9-12,15H2,1-4H3,(H,24,26). The largest absolute Gasteiger partial charge is 0.495 e. The van der Waals surface area contributed by atoms with Gasteiger partial charge in [0.2, 0.25) is 10.0 Å². The Morgan fingerprint density at radius 2 is 1.68 bits per heavy atom. The van der Waals surface area contributed by atoms with Crippen molar-refractivity contribution in [1.29, 1.82) is 0 Å². The van der Waals surface area contributed by atoms with Crippen LogP contribution in [0.3, 0.4) is 0 Å². The normalized spacial score (nSPS) is 15.5. The Bertz CT molecular complexity index is 1030. The first-order valence-corrected chi connectivity index (χ1v) is 11.8. The fourth-order valence-corrected chi connectivity index (χ4v) is 5.25. The van der Waals surface area contributed by atoms with Crippen molar-refractivity contribution in [2.45, 2.75) is 44.6 Å². The van der Waals surface area contributed by atoms with Crippen molar-refractivity contribution in [3.63, 3.8) is 0 Å². The third kappa shape index (κ3) is 5.57. The number of carbonyl (C=O) groups excluding carboxylic acids is 1. The highest BCUT2D eigenvalue weighted by Crippen LogP contribution is 2.31. The summed E-state index contributed by atoms with van der Waals surface area (Å²) >= 11 is 0. The molecule has 0 radical (unpaired) electrons. The number of piperidine rings is 1. The molecule has 1 heterocycles. The SMILES string of the molecule is COc1cc(C)c(C)cc1S(=O)(=O)N1CCC(NC(=O)COc2ccc(C)cc2)CC1.